The van der Waals surface area contributed by atoms with E-state index in [-0.39, 0.29) is 18.2 Å². The van der Waals surface area contributed by atoms with Crippen LogP contribution in [0.5, 0.6) is 0 Å². The van der Waals surface area contributed by atoms with E-state index < -0.39 is 11.2 Å². The topological polar surface area (TPSA) is 84.1 Å². The summed E-state index contributed by atoms with van der Waals surface area (Å²) in [6.45, 7) is 3.71. The van der Waals surface area contributed by atoms with Gasteiger partial charge in [-0.2, -0.15) is 0 Å². The summed E-state index contributed by atoms with van der Waals surface area (Å²) < 4.78 is 4.87. The highest BCUT2D eigenvalue weighted by Gasteiger charge is 2.19. The third kappa shape index (κ3) is 4.90. The first-order valence-corrected chi connectivity index (χ1v) is 8.69. The van der Waals surface area contributed by atoms with Crippen molar-refractivity contribution >= 4 is 52.5 Å². The van der Waals surface area contributed by atoms with Crippen molar-refractivity contribution in [2.24, 2.45) is 0 Å². The van der Waals surface area contributed by atoms with Crippen LogP contribution >= 0.6 is 35.0 Å². The van der Waals surface area contributed by atoms with Crippen LogP contribution in [0.25, 0.3) is 0 Å². The lowest BCUT2D eigenvalue weighted by atomic mass is 10.3. The number of thioether (sulfide) groups is 1. The Bertz CT molecular complexity index is 751. The zero-order valence-electron chi connectivity index (χ0n) is 12.9. The molecule has 1 atom stereocenters. The fourth-order valence-corrected chi connectivity index (χ4v) is 2.84. The number of nitrogens with zero attached hydrogens (tertiary/aromatic N) is 1. The average molecular weight is 388 g/mol. The van der Waals surface area contributed by atoms with Gasteiger partial charge in [0.1, 0.15) is 5.69 Å². The molecule has 0 radical (unpaired) electrons. The van der Waals surface area contributed by atoms with Crippen LogP contribution in [0, 0.1) is 0 Å². The van der Waals surface area contributed by atoms with Gasteiger partial charge in [-0.15, -0.1) is 0 Å². The van der Waals surface area contributed by atoms with Gasteiger partial charge >= 0.3 is 5.97 Å². The van der Waals surface area contributed by atoms with Gasteiger partial charge in [-0.1, -0.05) is 35.0 Å². The molecule has 2 N–H and O–H groups in total. The molecule has 0 aliphatic rings. The van der Waals surface area contributed by atoms with Crippen molar-refractivity contribution in [2.75, 3.05) is 11.9 Å². The minimum atomic E-state index is -0.486. The van der Waals surface area contributed by atoms with Crippen LogP contribution in [0.2, 0.25) is 10.0 Å². The van der Waals surface area contributed by atoms with E-state index in [1.807, 2.05) is 0 Å². The second-order valence-corrected chi connectivity index (χ2v) is 6.87. The number of carbonyl (C=O) groups is 2. The van der Waals surface area contributed by atoms with Crippen molar-refractivity contribution in [3.05, 3.63) is 40.1 Å². The van der Waals surface area contributed by atoms with Gasteiger partial charge in [0.15, 0.2) is 5.16 Å². The predicted octanol–water partition coefficient (Wildman–Crippen LogP) is 4.01. The number of imidazole rings is 1. The molecule has 6 nitrogen and oxygen atoms in total. The Morgan fingerprint density at radius 1 is 1.42 bits per heavy atom. The smallest absolute Gasteiger partial charge is 0.356 e. The summed E-state index contributed by atoms with van der Waals surface area (Å²) in [5.74, 6) is -0.752. The highest BCUT2D eigenvalue weighted by atomic mass is 35.5. The third-order valence-electron chi connectivity index (χ3n) is 2.89. The van der Waals surface area contributed by atoms with E-state index in [9.17, 15) is 9.59 Å². The van der Waals surface area contributed by atoms with Crippen LogP contribution in [0.15, 0.2) is 29.6 Å². The Kier molecular flexibility index (Phi) is 6.53. The molecule has 1 aromatic heterocycles. The molecule has 2 rings (SSSR count). The van der Waals surface area contributed by atoms with Crippen molar-refractivity contribution in [3.63, 3.8) is 0 Å². The number of nitrogens with one attached hydrogen (secondary N) is 2. The molecular formula is C15H15Cl2N3O3S. The van der Waals surface area contributed by atoms with Gasteiger partial charge in [-0.3, -0.25) is 4.79 Å². The number of hydrogen-bond donors (Lipinski definition) is 2. The van der Waals surface area contributed by atoms with Gasteiger partial charge in [0.05, 0.1) is 28.8 Å². The van der Waals surface area contributed by atoms with Gasteiger partial charge < -0.3 is 15.0 Å². The van der Waals surface area contributed by atoms with Crippen LogP contribution in [0.4, 0.5) is 5.69 Å². The number of aromatic nitrogens is 2. The van der Waals surface area contributed by atoms with Crippen LogP contribution in [-0.4, -0.2) is 33.7 Å². The normalized spacial score (nSPS) is 11.8. The Morgan fingerprint density at radius 2 is 2.17 bits per heavy atom. The lowest BCUT2D eigenvalue weighted by Crippen LogP contribution is -2.22. The molecule has 24 heavy (non-hydrogen) atoms. The van der Waals surface area contributed by atoms with E-state index in [4.69, 9.17) is 27.9 Å². The average Bonchev–Trinajstić information content (AvgIpc) is 2.99. The molecule has 1 aromatic carbocycles. The first kappa shape index (κ1) is 18.6. The summed E-state index contributed by atoms with van der Waals surface area (Å²) in [5.41, 5.74) is 0.679. The van der Waals surface area contributed by atoms with Crippen molar-refractivity contribution < 1.29 is 14.3 Å². The Labute approximate surface area is 153 Å². The van der Waals surface area contributed by atoms with Gasteiger partial charge in [-0.05, 0) is 32.0 Å². The standard InChI is InChI=1S/C15H15Cl2N3O3S/c1-3-23-14(22)12-7-18-15(20-12)24-8(2)13(21)19-11-6-9(16)4-5-10(11)17/h4-8H,3H2,1-2H3,(H,18,20)(H,19,21). The van der Waals surface area contributed by atoms with E-state index in [2.05, 4.69) is 15.3 Å². The lowest BCUT2D eigenvalue weighted by Gasteiger charge is -2.12. The number of halogens is 2. The number of ether oxygens (including phenoxy) is 1. The molecule has 0 aliphatic heterocycles. The summed E-state index contributed by atoms with van der Waals surface area (Å²) in [5, 5.41) is 3.55. The van der Waals surface area contributed by atoms with Crippen molar-refractivity contribution in [1.82, 2.24) is 9.97 Å². The predicted molar refractivity (Wildman–Crippen MR) is 95.0 cm³/mol. The van der Waals surface area contributed by atoms with Crippen LogP contribution in [-0.2, 0) is 9.53 Å². The van der Waals surface area contributed by atoms with Gasteiger partial charge in [0.25, 0.3) is 0 Å². The minimum absolute atomic E-state index is 0.241. The monoisotopic (exact) mass is 387 g/mol. The van der Waals surface area contributed by atoms with Crippen molar-refractivity contribution in [3.8, 4) is 0 Å². The Hall–Kier alpha value is -1.70. The Balaban J connectivity index is 1.99. The number of carbonyl (C=O) groups excluding carboxylic acids is 2. The highest BCUT2D eigenvalue weighted by molar-refractivity contribution is 8.00. The fourth-order valence-electron chi connectivity index (χ4n) is 1.72. The quantitative estimate of drug-likeness (QED) is 0.577. The maximum absolute atomic E-state index is 12.3. The molecule has 1 heterocycles. The maximum Gasteiger partial charge on any atom is 0.356 e. The molecule has 1 amide bonds. The van der Waals surface area contributed by atoms with E-state index in [0.717, 1.165) is 0 Å². The first-order valence-electron chi connectivity index (χ1n) is 7.05. The first-order chi connectivity index (χ1) is 11.4. The van der Waals surface area contributed by atoms with Gasteiger partial charge in [0, 0.05) is 5.02 Å². The number of esters is 1. The van der Waals surface area contributed by atoms with E-state index in [1.165, 1.54) is 18.0 Å². The molecule has 2 aromatic rings. The fraction of sp³-hybridized carbons (Fsp3) is 0.267. The molecule has 0 aliphatic carbocycles. The summed E-state index contributed by atoms with van der Waals surface area (Å²) in [7, 11) is 0. The summed E-state index contributed by atoms with van der Waals surface area (Å²) >= 11 is 13.1. The Morgan fingerprint density at radius 3 is 2.88 bits per heavy atom. The zero-order valence-corrected chi connectivity index (χ0v) is 15.3. The summed E-state index contributed by atoms with van der Waals surface area (Å²) in [4.78, 5) is 30.7. The maximum atomic E-state index is 12.3. The summed E-state index contributed by atoms with van der Waals surface area (Å²) in [6, 6.07) is 4.82. The summed E-state index contributed by atoms with van der Waals surface area (Å²) in [6.07, 6.45) is 1.37. The molecule has 0 bridgehead atoms. The molecule has 128 valence electrons. The second-order valence-electron chi connectivity index (χ2n) is 4.70. The number of aromatic amines is 1. The van der Waals surface area contributed by atoms with Gasteiger partial charge in [-0.25, -0.2) is 9.78 Å². The molecular weight excluding hydrogens is 373 g/mol. The van der Waals surface area contributed by atoms with Crippen LogP contribution < -0.4 is 5.32 Å². The third-order valence-corrected chi connectivity index (χ3v) is 4.45. The number of hydrogen-bond acceptors (Lipinski definition) is 5. The van der Waals surface area contributed by atoms with Crippen molar-refractivity contribution in [1.29, 1.82) is 0 Å². The van der Waals surface area contributed by atoms with Gasteiger partial charge in [0.2, 0.25) is 5.91 Å². The number of rotatable bonds is 6. The number of H-pyrrole nitrogens is 1. The highest BCUT2D eigenvalue weighted by Crippen LogP contribution is 2.27. The molecule has 0 saturated heterocycles. The minimum Gasteiger partial charge on any atom is -0.461 e. The van der Waals surface area contributed by atoms with Crippen molar-refractivity contribution in [2.45, 2.75) is 24.3 Å². The SMILES string of the molecule is CCOC(=O)c1cnc(SC(C)C(=O)Nc2cc(Cl)ccc2Cl)[nH]1. The van der Waals surface area contributed by atoms with Crippen LogP contribution in [0.1, 0.15) is 24.3 Å². The van der Waals surface area contributed by atoms with E-state index in [0.29, 0.717) is 20.9 Å². The largest absolute Gasteiger partial charge is 0.461 e. The molecule has 0 fully saturated rings. The molecule has 0 spiro atoms. The lowest BCUT2D eigenvalue weighted by molar-refractivity contribution is -0.115. The van der Waals surface area contributed by atoms with E-state index >= 15 is 0 Å². The molecule has 1 unspecified atom stereocenters. The molecule has 0 saturated carbocycles. The molecule has 9 heteroatoms. The number of benzene rings is 1. The van der Waals surface area contributed by atoms with E-state index in [1.54, 1.807) is 32.0 Å². The second kappa shape index (κ2) is 8.41. The van der Waals surface area contributed by atoms with Crippen LogP contribution in [0.3, 0.4) is 0 Å². The number of anilines is 1. The zero-order chi connectivity index (χ0) is 17.7. The number of amides is 1.